The highest BCUT2D eigenvalue weighted by atomic mass is 14.7. The Balaban J connectivity index is 2.07. The Labute approximate surface area is 176 Å². The summed E-state index contributed by atoms with van der Waals surface area (Å²) in [4.78, 5) is 0. The standard InChI is InChI=1S/C29H32/c1-5-18-27(19-6-2)26-16-12-10-14-24(26)22-29(27,8-4)28(20-7-3)21-17-23-13-9-11-15-25(23)28/h5-16H,1-4,17-22H2. The Kier molecular flexibility index (Phi) is 4.99. The second kappa shape index (κ2) is 7.34. The Morgan fingerprint density at radius 3 is 1.93 bits per heavy atom. The minimum atomic E-state index is -0.118. The highest BCUT2D eigenvalue weighted by Gasteiger charge is 2.65. The third-order valence-electron chi connectivity index (χ3n) is 7.89. The van der Waals surface area contributed by atoms with Crippen molar-refractivity contribution >= 4 is 0 Å². The van der Waals surface area contributed by atoms with E-state index in [1.165, 1.54) is 22.3 Å². The second-order valence-electron chi connectivity index (χ2n) is 8.81. The lowest BCUT2D eigenvalue weighted by molar-refractivity contribution is 0.0774. The largest absolute Gasteiger partial charge is 0.103 e. The van der Waals surface area contributed by atoms with Gasteiger partial charge in [-0.1, -0.05) is 72.8 Å². The molecule has 2 aromatic carbocycles. The molecule has 4 rings (SSSR count). The highest BCUT2D eigenvalue weighted by Crippen LogP contribution is 2.68. The molecule has 0 nitrogen and oxygen atoms in total. The molecule has 0 amide bonds. The quantitative estimate of drug-likeness (QED) is 0.423. The summed E-state index contributed by atoms with van der Waals surface area (Å²) in [6.45, 7) is 17.0. The molecule has 2 aromatic rings. The average Bonchev–Trinajstić information content (AvgIpc) is 3.25. The smallest absolute Gasteiger partial charge is 0.0127 e. The van der Waals surface area contributed by atoms with Gasteiger partial charge in [0, 0.05) is 16.2 Å². The molecule has 0 heteroatoms. The third kappa shape index (κ3) is 2.45. The zero-order chi connectivity index (χ0) is 20.5. The Bertz CT molecular complexity index is 952. The van der Waals surface area contributed by atoms with E-state index in [1.54, 1.807) is 0 Å². The number of benzene rings is 2. The van der Waals surface area contributed by atoms with Crippen LogP contribution in [0.2, 0.25) is 0 Å². The lowest BCUT2D eigenvalue weighted by atomic mass is 9.46. The normalized spacial score (nSPS) is 26.3. The molecule has 0 spiro atoms. The van der Waals surface area contributed by atoms with Crippen LogP contribution in [-0.2, 0) is 23.7 Å². The predicted octanol–water partition coefficient (Wildman–Crippen LogP) is 7.27. The van der Waals surface area contributed by atoms with Crippen molar-refractivity contribution in [3.63, 3.8) is 0 Å². The molecular formula is C29H32. The summed E-state index contributed by atoms with van der Waals surface area (Å²) in [6.07, 6.45) is 14.7. The van der Waals surface area contributed by atoms with E-state index in [4.69, 9.17) is 0 Å². The minimum absolute atomic E-state index is 0.0157. The summed E-state index contributed by atoms with van der Waals surface area (Å²) in [5.74, 6) is 0. The van der Waals surface area contributed by atoms with Gasteiger partial charge in [-0.25, -0.2) is 0 Å². The Hall–Kier alpha value is -2.60. The fraction of sp³-hybridized carbons (Fsp3) is 0.310. The lowest BCUT2D eigenvalue weighted by Crippen LogP contribution is -2.54. The summed E-state index contributed by atoms with van der Waals surface area (Å²) >= 11 is 0. The van der Waals surface area contributed by atoms with Gasteiger partial charge in [-0.15, -0.1) is 26.3 Å². The van der Waals surface area contributed by atoms with Gasteiger partial charge in [0.1, 0.15) is 0 Å². The molecule has 0 heterocycles. The monoisotopic (exact) mass is 380 g/mol. The van der Waals surface area contributed by atoms with Crippen LogP contribution in [0.1, 0.15) is 47.9 Å². The van der Waals surface area contributed by atoms with Gasteiger partial charge < -0.3 is 0 Å². The molecule has 2 unspecified atom stereocenters. The first kappa shape index (κ1) is 19.7. The zero-order valence-corrected chi connectivity index (χ0v) is 17.5. The maximum absolute atomic E-state index is 4.50. The summed E-state index contributed by atoms with van der Waals surface area (Å²) < 4.78 is 0. The molecule has 0 fully saturated rings. The molecule has 0 saturated carbocycles. The van der Waals surface area contributed by atoms with E-state index >= 15 is 0 Å². The van der Waals surface area contributed by atoms with Crippen molar-refractivity contribution in [1.82, 2.24) is 0 Å². The van der Waals surface area contributed by atoms with Gasteiger partial charge in [-0.3, -0.25) is 0 Å². The number of hydrogen-bond donors (Lipinski definition) is 0. The van der Waals surface area contributed by atoms with Gasteiger partial charge in [0.15, 0.2) is 0 Å². The van der Waals surface area contributed by atoms with Crippen LogP contribution >= 0.6 is 0 Å². The Morgan fingerprint density at radius 1 is 0.724 bits per heavy atom. The fourth-order valence-corrected chi connectivity index (χ4v) is 6.89. The van der Waals surface area contributed by atoms with Crippen LogP contribution in [0.4, 0.5) is 0 Å². The molecular weight excluding hydrogens is 348 g/mol. The molecule has 0 aromatic heterocycles. The van der Waals surface area contributed by atoms with E-state index in [-0.39, 0.29) is 16.2 Å². The summed E-state index contributed by atoms with van der Waals surface area (Å²) in [7, 11) is 0. The van der Waals surface area contributed by atoms with E-state index < -0.39 is 0 Å². The molecule has 0 bridgehead atoms. The molecule has 0 aliphatic heterocycles. The van der Waals surface area contributed by atoms with Crippen molar-refractivity contribution in [1.29, 1.82) is 0 Å². The molecule has 2 atom stereocenters. The molecule has 2 aliphatic rings. The molecule has 0 N–H and O–H groups in total. The molecule has 0 saturated heterocycles. The van der Waals surface area contributed by atoms with Crippen molar-refractivity contribution < 1.29 is 0 Å². The van der Waals surface area contributed by atoms with Gasteiger partial charge in [0.05, 0.1) is 0 Å². The predicted molar refractivity (Wildman–Crippen MR) is 125 cm³/mol. The van der Waals surface area contributed by atoms with Crippen LogP contribution < -0.4 is 0 Å². The number of hydrogen-bond acceptors (Lipinski definition) is 0. The first-order chi connectivity index (χ1) is 14.1. The topological polar surface area (TPSA) is 0 Å². The molecule has 2 aliphatic carbocycles. The van der Waals surface area contributed by atoms with E-state index in [2.05, 4.69) is 99.2 Å². The minimum Gasteiger partial charge on any atom is -0.103 e. The van der Waals surface area contributed by atoms with Crippen LogP contribution in [-0.4, -0.2) is 0 Å². The van der Waals surface area contributed by atoms with Crippen molar-refractivity contribution in [2.75, 3.05) is 0 Å². The maximum Gasteiger partial charge on any atom is 0.0127 e. The van der Waals surface area contributed by atoms with E-state index in [0.717, 1.165) is 38.5 Å². The Morgan fingerprint density at radius 2 is 1.31 bits per heavy atom. The average molecular weight is 381 g/mol. The number of rotatable bonds is 8. The van der Waals surface area contributed by atoms with E-state index in [1.807, 2.05) is 0 Å². The van der Waals surface area contributed by atoms with Crippen molar-refractivity contribution in [2.45, 2.75) is 49.4 Å². The van der Waals surface area contributed by atoms with Gasteiger partial charge >= 0.3 is 0 Å². The van der Waals surface area contributed by atoms with Gasteiger partial charge in [-0.05, 0) is 60.8 Å². The number of fused-ring (bicyclic) bond motifs is 2. The first-order valence-corrected chi connectivity index (χ1v) is 10.8. The highest BCUT2D eigenvalue weighted by molar-refractivity contribution is 5.54. The summed E-state index contributed by atoms with van der Waals surface area (Å²) in [6, 6.07) is 18.0. The van der Waals surface area contributed by atoms with Crippen LogP contribution in [0.3, 0.4) is 0 Å². The van der Waals surface area contributed by atoms with Crippen LogP contribution in [0, 0.1) is 5.41 Å². The van der Waals surface area contributed by atoms with E-state index in [0.29, 0.717) is 0 Å². The second-order valence-corrected chi connectivity index (χ2v) is 8.81. The SMILES string of the molecule is C=CCC1(CC=C)c2ccccc2CC1(C=C)C1(CC=C)CCc2ccccc21. The van der Waals surface area contributed by atoms with Gasteiger partial charge in [0.25, 0.3) is 0 Å². The summed E-state index contributed by atoms with van der Waals surface area (Å²) in [5, 5.41) is 0. The zero-order valence-electron chi connectivity index (χ0n) is 17.5. The fourth-order valence-electron chi connectivity index (χ4n) is 6.89. The van der Waals surface area contributed by atoms with Crippen molar-refractivity contribution in [2.24, 2.45) is 5.41 Å². The van der Waals surface area contributed by atoms with Gasteiger partial charge in [0.2, 0.25) is 0 Å². The first-order valence-electron chi connectivity index (χ1n) is 10.8. The number of aryl methyl sites for hydroxylation is 1. The van der Waals surface area contributed by atoms with Crippen LogP contribution in [0.5, 0.6) is 0 Å². The van der Waals surface area contributed by atoms with E-state index in [9.17, 15) is 0 Å². The summed E-state index contributed by atoms with van der Waals surface area (Å²) in [5.41, 5.74) is 5.65. The van der Waals surface area contributed by atoms with Crippen molar-refractivity contribution in [3.05, 3.63) is 121 Å². The third-order valence-corrected chi connectivity index (χ3v) is 7.89. The van der Waals surface area contributed by atoms with Gasteiger partial charge in [-0.2, -0.15) is 0 Å². The van der Waals surface area contributed by atoms with Crippen LogP contribution in [0.25, 0.3) is 0 Å². The van der Waals surface area contributed by atoms with Crippen molar-refractivity contribution in [3.8, 4) is 0 Å². The molecule has 148 valence electrons. The maximum atomic E-state index is 4.50. The number of allylic oxidation sites excluding steroid dienone is 4. The van der Waals surface area contributed by atoms with Crippen LogP contribution in [0.15, 0.2) is 99.2 Å². The lowest BCUT2D eigenvalue weighted by Gasteiger charge is -2.56. The molecule has 29 heavy (non-hydrogen) atoms. The molecule has 0 radical (unpaired) electrons.